The Morgan fingerprint density at radius 2 is 1.53 bits per heavy atom. The molecule has 2 heteroatoms. The van der Waals surface area contributed by atoms with Crippen LogP contribution >= 0.6 is 0 Å². The lowest BCUT2D eigenvalue weighted by molar-refractivity contribution is 0.306. The van der Waals surface area contributed by atoms with Crippen LogP contribution < -0.4 is 9.64 Å². The van der Waals surface area contributed by atoms with Crippen molar-refractivity contribution >= 4 is 5.69 Å². The van der Waals surface area contributed by atoms with Crippen LogP contribution in [0.2, 0.25) is 0 Å². The van der Waals surface area contributed by atoms with Crippen molar-refractivity contribution in [3.05, 3.63) is 60.2 Å². The molecule has 0 aromatic heterocycles. The summed E-state index contributed by atoms with van der Waals surface area (Å²) >= 11 is 0. The monoisotopic (exact) mass is 227 g/mol. The van der Waals surface area contributed by atoms with E-state index in [-0.39, 0.29) is 0 Å². The molecule has 0 amide bonds. The SMILES string of the molecule is CN(C)c1ccc(COc2ccccc2)cc1. The highest BCUT2D eigenvalue weighted by atomic mass is 16.5. The van der Waals surface area contributed by atoms with E-state index in [4.69, 9.17) is 4.74 Å². The van der Waals surface area contributed by atoms with Gasteiger partial charge in [-0.3, -0.25) is 0 Å². The van der Waals surface area contributed by atoms with Gasteiger partial charge in [0.15, 0.2) is 0 Å². The highest BCUT2D eigenvalue weighted by Gasteiger charge is 1.97. The molecule has 0 saturated carbocycles. The van der Waals surface area contributed by atoms with Crippen molar-refractivity contribution in [1.82, 2.24) is 0 Å². The van der Waals surface area contributed by atoms with Gasteiger partial charge in [0.1, 0.15) is 12.4 Å². The molecule has 2 rings (SSSR count). The summed E-state index contributed by atoms with van der Waals surface area (Å²) in [6.07, 6.45) is 0. The smallest absolute Gasteiger partial charge is 0.119 e. The van der Waals surface area contributed by atoms with Crippen LogP contribution in [-0.4, -0.2) is 14.1 Å². The zero-order valence-corrected chi connectivity index (χ0v) is 10.3. The van der Waals surface area contributed by atoms with Crippen LogP contribution in [0.15, 0.2) is 54.6 Å². The van der Waals surface area contributed by atoms with Crippen molar-refractivity contribution < 1.29 is 4.74 Å². The molecule has 0 atom stereocenters. The first kappa shape index (κ1) is 11.5. The Kier molecular flexibility index (Phi) is 3.66. The largest absolute Gasteiger partial charge is 0.489 e. The lowest BCUT2D eigenvalue weighted by atomic mass is 10.2. The molecule has 0 radical (unpaired) electrons. The van der Waals surface area contributed by atoms with E-state index in [9.17, 15) is 0 Å². The van der Waals surface area contributed by atoms with Crippen molar-refractivity contribution in [1.29, 1.82) is 0 Å². The molecule has 0 N–H and O–H groups in total. The zero-order valence-electron chi connectivity index (χ0n) is 10.3. The fourth-order valence-electron chi connectivity index (χ4n) is 1.57. The average Bonchev–Trinajstić information content (AvgIpc) is 2.38. The van der Waals surface area contributed by atoms with Gasteiger partial charge in [0.25, 0.3) is 0 Å². The Morgan fingerprint density at radius 3 is 2.12 bits per heavy atom. The summed E-state index contributed by atoms with van der Waals surface area (Å²) in [4.78, 5) is 2.09. The van der Waals surface area contributed by atoms with E-state index in [0.717, 1.165) is 5.75 Å². The van der Waals surface area contributed by atoms with Gasteiger partial charge < -0.3 is 9.64 Å². The maximum atomic E-state index is 5.68. The first-order chi connectivity index (χ1) is 8.25. The molecule has 2 nitrogen and oxygen atoms in total. The summed E-state index contributed by atoms with van der Waals surface area (Å²) in [5.41, 5.74) is 2.38. The number of nitrogens with zero attached hydrogens (tertiary/aromatic N) is 1. The van der Waals surface area contributed by atoms with Gasteiger partial charge in [-0.25, -0.2) is 0 Å². The second-order valence-electron chi connectivity index (χ2n) is 4.16. The number of para-hydroxylation sites is 1. The molecule has 0 aliphatic heterocycles. The predicted molar refractivity (Wildman–Crippen MR) is 71.5 cm³/mol. The minimum absolute atomic E-state index is 0.609. The Morgan fingerprint density at radius 1 is 0.882 bits per heavy atom. The Balaban J connectivity index is 1.96. The van der Waals surface area contributed by atoms with Gasteiger partial charge >= 0.3 is 0 Å². The molecular formula is C15H17NO. The van der Waals surface area contributed by atoms with Crippen LogP contribution in [0.25, 0.3) is 0 Å². The number of benzene rings is 2. The van der Waals surface area contributed by atoms with E-state index in [1.54, 1.807) is 0 Å². The molecule has 88 valence electrons. The molecule has 2 aromatic carbocycles. The standard InChI is InChI=1S/C15H17NO/c1-16(2)14-10-8-13(9-11-14)12-17-15-6-4-3-5-7-15/h3-11H,12H2,1-2H3. The second-order valence-corrected chi connectivity index (χ2v) is 4.16. The maximum Gasteiger partial charge on any atom is 0.119 e. The molecule has 0 heterocycles. The first-order valence-electron chi connectivity index (χ1n) is 5.70. The van der Waals surface area contributed by atoms with E-state index in [2.05, 4.69) is 29.2 Å². The zero-order chi connectivity index (χ0) is 12.1. The topological polar surface area (TPSA) is 12.5 Å². The third kappa shape index (κ3) is 3.25. The van der Waals surface area contributed by atoms with Crippen LogP contribution in [0.4, 0.5) is 5.69 Å². The van der Waals surface area contributed by atoms with Crippen LogP contribution in [-0.2, 0) is 6.61 Å². The highest BCUT2D eigenvalue weighted by Crippen LogP contribution is 2.15. The Bertz CT molecular complexity index is 448. The molecule has 0 fully saturated rings. The number of anilines is 1. The summed E-state index contributed by atoms with van der Waals surface area (Å²) in [6.45, 7) is 0.609. The Hall–Kier alpha value is -1.96. The van der Waals surface area contributed by atoms with Gasteiger partial charge in [0.05, 0.1) is 0 Å². The highest BCUT2D eigenvalue weighted by molar-refractivity contribution is 5.45. The lowest BCUT2D eigenvalue weighted by Crippen LogP contribution is -2.08. The molecule has 0 saturated heterocycles. The second kappa shape index (κ2) is 5.39. The molecule has 2 aromatic rings. The summed E-state index contributed by atoms with van der Waals surface area (Å²) < 4.78 is 5.68. The van der Waals surface area contributed by atoms with Crippen molar-refractivity contribution in [3.63, 3.8) is 0 Å². The predicted octanol–water partition coefficient (Wildman–Crippen LogP) is 3.33. The molecular weight excluding hydrogens is 210 g/mol. The van der Waals surface area contributed by atoms with E-state index >= 15 is 0 Å². The lowest BCUT2D eigenvalue weighted by Gasteiger charge is -2.13. The van der Waals surface area contributed by atoms with E-state index < -0.39 is 0 Å². The van der Waals surface area contributed by atoms with Crippen molar-refractivity contribution in [3.8, 4) is 5.75 Å². The van der Waals surface area contributed by atoms with Crippen molar-refractivity contribution in [2.75, 3.05) is 19.0 Å². The van der Waals surface area contributed by atoms with Gasteiger partial charge in [-0.15, -0.1) is 0 Å². The molecule has 17 heavy (non-hydrogen) atoms. The quantitative estimate of drug-likeness (QED) is 0.794. The molecule has 0 unspecified atom stereocenters. The fraction of sp³-hybridized carbons (Fsp3) is 0.200. The normalized spacial score (nSPS) is 10.0. The van der Waals surface area contributed by atoms with Crippen LogP contribution in [0.3, 0.4) is 0 Å². The van der Waals surface area contributed by atoms with E-state index in [0.29, 0.717) is 6.61 Å². The average molecular weight is 227 g/mol. The Labute approximate surface area is 102 Å². The molecule has 0 aliphatic rings. The number of rotatable bonds is 4. The minimum Gasteiger partial charge on any atom is -0.489 e. The van der Waals surface area contributed by atoms with Gasteiger partial charge in [-0.1, -0.05) is 30.3 Å². The first-order valence-corrected chi connectivity index (χ1v) is 5.70. The number of hydrogen-bond donors (Lipinski definition) is 0. The third-order valence-electron chi connectivity index (χ3n) is 2.60. The van der Waals surface area contributed by atoms with Crippen molar-refractivity contribution in [2.24, 2.45) is 0 Å². The maximum absolute atomic E-state index is 5.68. The van der Waals surface area contributed by atoms with Crippen LogP contribution in [0, 0.1) is 0 Å². The third-order valence-corrected chi connectivity index (χ3v) is 2.60. The van der Waals surface area contributed by atoms with Gasteiger partial charge in [-0.05, 0) is 29.8 Å². The van der Waals surface area contributed by atoms with E-state index in [1.165, 1.54) is 11.3 Å². The summed E-state index contributed by atoms with van der Waals surface area (Å²) in [6, 6.07) is 18.3. The number of hydrogen-bond acceptors (Lipinski definition) is 2. The number of ether oxygens (including phenoxy) is 1. The molecule has 0 spiro atoms. The molecule has 0 bridgehead atoms. The summed E-state index contributed by atoms with van der Waals surface area (Å²) in [5.74, 6) is 0.907. The minimum atomic E-state index is 0.609. The summed E-state index contributed by atoms with van der Waals surface area (Å²) in [7, 11) is 4.07. The fourth-order valence-corrected chi connectivity index (χ4v) is 1.57. The van der Waals surface area contributed by atoms with E-state index in [1.807, 2.05) is 44.4 Å². The van der Waals surface area contributed by atoms with Crippen LogP contribution in [0.1, 0.15) is 5.56 Å². The van der Waals surface area contributed by atoms with Gasteiger partial charge in [0.2, 0.25) is 0 Å². The van der Waals surface area contributed by atoms with Crippen LogP contribution in [0.5, 0.6) is 5.75 Å². The van der Waals surface area contributed by atoms with Gasteiger partial charge in [0, 0.05) is 19.8 Å². The van der Waals surface area contributed by atoms with Gasteiger partial charge in [-0.2, -0.15) is 0 Å². The molecule has 0 aliphatic carbocycles. The summed E-state index contributed by atoms with van der Waals surface area (Å²) in [5, 5.41) is 0. The van der Waals surface area contributed by atoms with Crippen molar-refractivity contribution in [2.45, 2.75) is 6.61 Å².